The molecule has 98 valence electrons. The molecule has 2 aromatic carbocycles. The third kappa shape index (κ3) is 2.53. The van der Waals surface area contributed by atoms with Crippen LogP contribution in [0.2, 0.25) is 0 Å². The molecule has 0 unspecified atom stereocenters. The molecule has 6 heteroatoms. The zero-order chi connectivity index (χ0) is 14.2. The summed E-state index contributed by atoms with van der Waals surface area (Å²) in [5.74, 6) is -6.37. The van der Waals surface area contributed by atoms with E-state index in [4.69, 9.17) is 0 Å². The van der Waals surface area contributed by atoms with Gasteiger partial charge in [0.05, 0.1) is 5.56 Å². The molecule has 0 N–H and O–H groups in total. The van der Waals surface area contributed by atoms with Gasteiger partial charge >= 0.3 is 0 Å². The molecule has 0 bridgehead atoms. The van der Waals surface area contributed by atoms with Gasteiger partial charge in [0, 0.05) is 10.0 Å². The van der Waals surface area contributed by atoms with E-state index in [0.717, 1.165) is 18.2 Å². The van der Waals surface area contributed by atoms with Crippen molar-refractivity contribution in [2.45, 2.75) is 0 Å². The lowest BCUT2D eigenvalue weighted by atomic mass is 10.0. The molecule has 19 heavy (non-hydrogen) atoms. The van der Waals surface area contributed by atoms with Gasteiger partial charge in [-0.25, -0.2) is 17.6 Å². The highest BCUT2D eigenvalue weighted by atomic mass is 79.9. The molecule has 2 rings (SSSR count). The van der Waals surface area contributed by atoms with E-state index in [0.29, 0.717) is 6.07 Å². The topological polar surface area (TPSA) is 17.1 Å². The number of carbonyl (C=O) groups is 1. The van der Waals surface area contributed by atoms with Crippen molar-refractivity contribution < 1.29 is 22.4 Å². The summed E-state index contributed by atoms with van der Waals surface area (Å²) in [5.41, 5.74) is -0.838. The summed E-state index contributed by atoms with van der Waals surface area (Å²) < 4.78 is 52.6. The van der Waals surface area contributed by atoms with Crippen LogP contribution in [0.15, 0.2) is 34.8 Å². The predicted molar refractivity (Wildman–Crippen MR) is 63.8 cm³/mol. The Morgan fingerprint density at radius 3 is 2.26 bits per heavy atom. The van der Waals surface area contributed by atoms with Crippen LogP contribution in [-0.4, -0.2) is 5.78 Å². The summed E-state index contributed by atoms with van der Waals surface area (Å²) in [6.45, 7) is 0. The van der Waals surface area contributed by atoms with Crippen molar-refractivity contribution in [2.24, 2.45) is 0 Å². The molecule has 1 nitrogen and oxygen atoms in total. The second-order valence-electron chi connectivity index (χ2n) is 3.68. The zero-order valence-corrected chi connectivity index (χ0v) is 10.8. The second-order valence-corrected chi connectivity index (χ2v) is 4.53. The summed E-state index contributed by atoms with van der Waals surface area (Å²) in [5, 5.41) is 0. The lowest BCUT2D eigenvalue weighted by Crippen LogP contribution is -2.08. The molecule has 0 aliphatic rings. The van der Waals surface area contributed by atoms with Gasteiger partial charge in [0.15, 0.2) is 23.2 Å². The summed E-state index contributed by atoms with van der Waals surface area (Å²) in [6.07, 6.45) is 0. The zero-order valence-electron chi connectivity index (χ0n) is 9.18. The van der Waals surface area contributed by atoms with Crippen LogP contribution >= 0.6 is 15.9 Å². The second kappa shape index (κ2) is 5.13. The number of ketones is 1. The quantitative estimate of drug-likeness (QED) is 0.457. The van der Waals surface area contributed by atoms with Gasteiger partial charge in [-0.1, -0.05) is 15.9 Å². The largest absolute Gasteiger partial charge is 0.288 e. The van der Waals surface area contributed by atoms with Crippen LogP contribution in [-0.2, 0) is 0 Å². The van der Waals surface area contributed by atoms with Crippen LogP contribution in [0.3, 0.4) is 0 Å². The molecule has 0 saturated heterocycles. The molecule has 0 atom stereocenters. The Hall–Kier alpha value is -1.69. The Balaban J connectivity index is 2.56. The molecule has 0 aliphatic carbocycles. The van der Waals surface area contributed by atoms with Crippen LogP contribution < -0.4 is 0 Å². The summed E-state index contributed by atoms with van der Waals surface area (Å²) in [6, 6.07) is 4.70. The van der Waals surface area contributed by atoms with Crippen molar-refractivity contribution >= 4 is 21.7 Å². The fraction of sp³-hybridized carbons (Fsp3) is 0. The summed E-state index contributed by atoms with van der Waals surface area (Å²) in [7, 11) is 0. The van der Waals surface area contributed by atoms with E-state index in [9.17, 15) is 22.4 Å². The number of benzene rings is 2. The highest BCUT2D eigenvalue weighted by molar-refractivity contribution is 9.10. The first-order valence-electron chi connectivity index (χ1n) is 5.05. The Morgan fingerprint density at radius 1 is 0.895 bits per heavy atom. The van der Waals surface area contributed by atoms with Gasteiger partial charge in [0.1, 0.15) is 5.82 Å². The van der Waals surface area contributed by atoms with Gasteiger partial charge in [-0.15, -0.1) is 0 Å². The SMILES string of the molecule is O=C(c1cc(F)ccc1Br)c1ccc(F)c(F)c1F. The van der Waals surface area contributed by atoms with E-state index in [1.165, 1.54) is 6.07 Å². The molecule has 0 saturated carbocycles. The van der Waals surface area contributed by atoms with Crippen molar-refractivity contribution in [3.8, 4) is 0 Å². The Morgan fingerprint density at radius 2 is 1.58 bits per heavy atom. The molecular weight excluding hydrogens is 328 g/mol. The van der Waals surface area contributed by atoms with Crippen molar-refractivity contribution in [2.75, 3.05) is 0 Å². The van der Waals surface area contributed by atoms with E-state index in [1.54, 1.807) is 0 Å². The monoisotopic (exact) mass is 332 g/mol. The number of carbonyl (C=O) groups excluding carboxylic acids is 1. The lowest BCUT2D eigenvalue weighted by molar-refractivity contribution is 0.103. The Bertz CT molecular complexity index is 670. The normalized spacial score (nSPS) is 10.6. The van der Waals surface area contributed by atoms with Crippen molar-refractivity contribution in [1.82, 2.24) is 0 Å². The minimum atomic E-state index is -1.74. The maximum absolute atomic E-state index is 13.5. The summed E-state index contributed by atoms with van der Waals surface area (Å²) in [4.78, 5) is 12.0. The fourth-order valence-electron chi connectivity index (χ4n) is 1.52. The number of rotatable bonds is 2. The highest BCUT2D eigenvalue weighted by Crippen LogP contribution is 2.24. The number of hydrogen-bond acceptors (Lipinski definition) is 1. The molecule has 0 fully saturated rings. The van der Waals surface area contributed by atoms with Crippen LogP contribution in [0.5, 0.6) is 0 Å². The minimum absolute atomic E-state index is 0.176. The maximum Gasteiger partial charge on any atom is 0.197 e. The van der Waals surface area contributed by atoms with Gasteiger partial charge < -0.3 is 0 Å². The molecule has 0 amide bonds. The molecule has 0 spiro atoms. The smallest absolute Gasteiger partial charge is 0.197 e. The average molecular weight is 333 g/mol. The lowest BCUT2D eigenvalue weighted by Gasteiger charge is -2.06. The van der Waals surface area contributed by atoms with E-state index in [-0.39, 0.29) is 10.0 Å². The maximum atomic E-state index is 13.5. The van der Waals surface area contributed by atoms with Gasteiger partial charge in [0.2, 0.25) is 0 Å². The van der Waals surface area contributed by atoms with E-state index < -0.39 is 34.6 Å². The van der Waals surface area contributed by atoms with Gasteiger partial charge in [-0.05, 0) is 30.3 Å². The fourth-order valence-corrected chi connectivity index (χ4v) is 1.94. The first kappa shape index (κ1) is 13.7. The molecular formula is C13H5BrF4O. The van der Waals surface area contributed by atoms with E-state index in [1.807, 2.05) is 0 Å². The van der Waals surface area contributed by atoms with Crippen LogP contribution in [0.1, 0.15) is 15.9 Å². The van der Waals surface area contributed by atoms with Gasteiger partial charge in [0.25, 0.3) is 0 Å². The third-order valence-electron chi connectivity index (χ3n) is 2.45. The Kier molecular flexibility index (Phi) is 3.71. The standard InChI is InChI=1S/C13H5BrF4O/c14-9-3-1-6(15)5-8(9)13(19)7-2-4-10(16)12(18)11(7)17/h1-5H. The molecule has 0 heterocycles. The van der Waals surface area contributed by atoms with E-state index in [2.05, 4.69) is 15.9 Å². The van der Waals surface area contributed by atoms with E-state index >= 15 is 0 Å². The first-order valence-corrected chi connectivity index (χ1v) is 5.84. The van der Waals surface area contributed by atoms with Crippen molar-refractivity contribution in [3.63, 3.8) is 0 Å². The van der Waals surface area contributed by atoms with Gasteiger partial charge in [-0.3, -0.25) is 4.79 Å². The minimum Gasteiger partial charge on any atom is -0.288 e. The number of halogens is 5. The van der Waals surface area contributed by atoms with Crippen molar-refractivity contribution in [3.05, 3.63) is 69.2 Å². The third-order valence-corrected chi connectivity index (χ3v) is 3.14. The number of hydrogen-bond donors (Lipinski definition) is 0. The molecule has 0 radical (unpaired) electrons. The molecule has 0 aliphatic heterocycles. The van der Waals surface area contributed by atoms with Crippen molar-refractivity contribution in [1.29, 1.82) is 0 Å². The summed E-state index contributed by atoms with van der Waals surface area (Å²) >= 11 is 3.01. The first-order chi connectivity index (χ1) is 8.91. The Labute approximate surface area is 114 Å². The highest BCUT2D eigenvalue weighted by Gasteiger charge is 2.21. The molecule has 2 aromatic rings. The predicted octanol–water partition coefficient (Wildman–Crippen LogP) is 4.24. The van der Waals surface area contributed by atoms with Crippen LogP contribution in [0, 0.1) is 23.3 Å². The molecule has 0 aromatic heterocycles. The van der Waals surface area contributed by atoms with Crippen LogP contribution in [0.4, 0.5) is 17.6 Å². The van der Waals surface area contributed by atoms with Gasteiger partial charge in [-0.2, -0.15) is 0 Å². The average Bonchev–Trinajstić information content (AvgIpc) is 2.38. The van der Waals surface area contributed by atoms with Crippen LogP contribution in [0.25, 0.3) is 0 Å².